The standard InChI is InChI=1S/C19H22FN3O/c1-14-7-9-23(10-8-14)18-6-5-17(13-21-18)22-19(24)12-15-3-2-4-16(20)11-15/h2-6,11,13-14H,7-10,12H2,1H3,(H,22,24). The van der Waals surface area contributed by atoms with Crippen molar-refractivity contribution in [3.05, 3.63) is 54.0 Å². The highest BCUT2D eigenvalue weighted by Crippen LogP contribution is 2.22. The molecule has 3 rings (SSSR count). The first-order chi connectivity index (χ1) is 11.6. The number of amides is 1. The Morgan fingerprint density at radius 3 is 2.75 bits per heavy atom. The number of hydrogen-bond donors (Lipinski definition) is 1. The molecule has 1 aromatic carbocycles. The molecular weight excluding hydrogens is 305 g/mol. The van der Waals surface area contributed by atoms with Gasteiger partial charge in [-0.15, -0.1) is 0 Å². The fraction of sp³-hybridized carbons (Fsp3) is 0.368. The van der Waals surface area contributed by atoms with Crippen LogP contribution in [-0.2, 0) is 11.2 Å². The molecule has 2 aromatic rings. The molecule has 1 aromatic heterocycles. The smallest absolute Gasteiger partial charge is 0.228 e. The normalized spacial score (nSPS) is 15.3. The summed E-state index contributed by atoms with van der Waals surface area (Å²) >= 11 is 0. The lowest BCUT2D eigenvalue weighted by Gasteiger charge is -2.31. The Morgan fingerprint density at radius 1 is 1.29 bits per heavy atom. The summed E-state index contributed by atoms with van der Waals surface area (Å²) in [5, 5.41) is 2.80. The van der Waals surface area contributed by atoms with Crippen molar-refractivity contribution >= 4 is 17.4 Å². The topological polar surface area (TPSA) is 45.2 Å². The van der Waals surface area contributed by atoms with Gasteiger partial charge in [0.15, 0.2) is 0 Å². The predicted octanol–water partition coefficient (Wildman–Crippen LogP) is 3.64. The van der Waals surface area contributed by atoms with E-state index in [1.54, 1.807) is 18.3 Å². The maximum Gasteiger partial charge on any atom is 0.228 e. The van der Waals surface area contributed by atoms with Gasteiger partial charge in [0, 0.05) is 13.1 Å². The van der Waals surface area contributed by atoms with Crippen molar-refractivity contribution in [1.82, 2.24) is 4.98 Å². The number of benzene rings is 1. The van der Waals surface area contributed by atoms with Gasteiger partial charge >= 0.3 is 0 Å². The van der Waals surface area contributed by atoms with Crippen molar-refractivity contribution in [2.45, 2.75) is 26.2 Å². The van der Waals surface area contributed by atoms with Crippen LogP contribution in [0.25, 0.3) is 0 Å². The molecule has 126 valence electrons. The van der Waals surface area contributed by atoms with E-state index >= 15 is 0 Å². The molecule has 1 aliphatic heterocycles. The molecule has 1 N–H and O–H groups in total. The van der Waals surface area contributed by atoms with E-state index in [0.29, 0.717) is 11.3 Å². The van der Waals surface area contributed by atoms with E-state index in [2.05, 4.69) is 22.1 Å². The number of nitrogens with one attached hydrogen (secondary N) is 1. The Hall–Kier alpha value is -2.43. The van der Waals surface area contributed by atoms with Crippen LogP contribution in [0.5, 0.6) is 0 Å². The Morgan fingerprint density at radius 2 is 2.08 bits per heavy atom. The van der Waals surface area contributed by atoms with Crippen LogP contribution in [0.15, 0.2) is 42.6 Å². The third-order valence-electron chi connectivity index (χ3n) is 4.39. The van der Waals surface area contributed by atoms with Gasteiger partial charge in [0.25, 0.3) is 0 Å². The number of rotatable bonds is 4. The van der Waals surface area contributed by atoms with E-state index in [1.165, 1.54) is 25.0 Å². The van der Waals surface area contributed by atoms with Crippen LogP contribution in [0.3, 0.4) is 0 Å². The van der Waals surface area contributed by atoms with E-state index in [0.717, 1.165) is 24.8 Å². The first-order valence-corrected chi connectivity index (χ1v) is 8.35. The van der Waals surface area contributed by atoms with Crippen molar-refractivity contribution in [3.8, 4) is 0 Å². The number of nitrogens with zero attached hydrogens (tertiary/aromatic N) is 2. The van der Waals surface area contributed by atoms with Crippen LogP contribution in [-0.4, -0.2) is 24.0 Å². The van der Waals surface area contributed by atoms with Gasteiger partial charge in [0.05, 0.1) is 18.3 Å². The minimum Gasteiger partial charge on any atom is -0.357 e. The summed E-state index contributed by atoms with van der Waals surface area (Å²) in [5.74, 6) is 1.22. The van der Waals surface area contributed by atoms with Crippen LogP contribution < -0.4 is 10.2 Å². The van der Waals surface area contributed by atoms with Gasteiger partial charge in [0.2, 0.25) is 5.91 Å². The quantitative estimate of drug-likeness (QED) is 0.932. The molecule has 4 nitrogen and oxygen atoms in total. The van der Waals surface area contributed by atoms with Crippen LogP contribution >= 0.6 is 0 Å². The molecule has 0 atom stereocenters. The molecule has 1 amide bonds. The molecule has 24 heavy (non-hydrogen) atoms. The summed E-state index contributed by atoms with van der Waals surface area (Å²) in [6.07, 6.45) is 4.20. The van der Waals surface area contributed by atoms with Gasteiger partial charge < -0.3 is 10.2 Å². The number of halogens is 1. The van der Waals surface area contributed by atoms with Gasteiger partial charge in [-0.2, -0.15) is 0 Å². The Bertz CT molecular complexity index is 694. The second-order valence-corrected chi connectivity index (χ2v) is 6.43. The average molecular weight is 327 g/mol. The number of carbonyl (C=O) groups is 1. The first kappa shape index (κ1) is 16.4. The minimum absolute atomic E-state index is 0.142. The van der Waals surface area contributed by atoms with E-state index in [-0.39, 0.29) is 18.1 Å². The summed E-state index contributed by atoms with van der Waals surface area (Å²) in [6.45, 7) is 4.33. The molecule has 0 bridgehead atoms. The van der Waals surface area contributed by atoms with Crippen LogP contribution in [0.4, 0.5) is 15.9 Å². The Balaban J connectivity index is 1.56. The highest BCUT2D eigenvalue weighted by molar-refractivity contribution is 5.92. The summed E-state index contributed by atoms with van der Waals surface area (Å²) in [5.41, 5.74) is 1.31. The maximum absolute atomic E-state index is 13.1. The van der Waals surface area contributed by atoms with Crippen molar-refractivity contribution in [2.24, 2.45) is 5.92 Å². The Labute approximate surface area is 141 Å². The molecule has 0 spiro atoms. The fourth-order valence-corrected chi connectivity index (χ4v) is 2.92. The third-order valence-corrected chi connectivity index (χ3v) is 4.39. The van der Waals surface area contributed by atoms with E-state index < -0.39 is 0 Å². The Kier molecular flexibility index (Phi) is 5.08. The van der Waals surface area contributed by atoms with Gasteiger partial charge in [-0.3, -0.25) is 4.79 Å². The molecule has 0 radical (unpaired) electrons. The zero-order chi connectivity index (χ0) is 16.9. The molecule has 2 heterocycles. The number of piperidine rings is 1. The molecule has 0 saturated carbocycles. The molecule has 0 unspecified atom stereocenters. The summed E-state index contributed by atoms with van der Waals surface area (Å²) in [7, 11) is 0. The first-order valence-electron chi connectivity index (χ1n) is 8.35. The second kappa shape index (κ2) is 7.43. The number of anilines is 2. The fourth-order valence-electron chi connectivity index (χ4n) is 2.92. The lowest BCUT2D eigenvalue weighted by atomic mass is 9.99. The van der Waals surface area contributed by atoms with Crippen molar-refractivity contribution in [1.29, 1.82) is 0 Å². The maximum atomic E-state index is 13.1. The molecule has 1 fully saturated rings. The van der Waals surface area contributed by atoms with Gasteiger partial charge in [0.1, 0.15) is 11.6 Å². The van der Waals surface area contributed by atoms with Gasteiger partial charge in [-0.25, -0.2) is 9.37 Å². The summed E-state index contributed by atoms with van der Waals surface area (Å²) in [6, 6.07) is 9.89. The van der Waals surface area contributed by atoms with Crippen molar-refractivity contribution in [3.63, 3.8) is 0 Å². The zero-order valence-electron chi connectivity index (χ0n) is 13.8. The third kappa shape index (κ3) is 4.31. The largest absolute Gasteiger partial charge is 0.357 e. The molecular formula is C19H22FN3O. The number of carbonyl (C=O) groups excluding carboxylic acids is 1. The van der Waals surface area contributed by atoms with E-state index in [4.69, 9.17) is 0 Å². The van der Waals surface area contributed by atoms with E-state index in [9.17, 15) is 9.18 Å². The highest BCUT2D eigenvalue weighted by atomic mass is 19.1. The van der Waals surface area contributed by atoms with Crippen LogP contribution in [0.1, 0.15) is 25.3 Å². The molecule has 5 heteroatoms. The highest BCUT2D eigenvalue weighted by Gasteiger charge is 2.16. The second-order valence-electron chi connectivity index (χ2n) is 6.43. The molecule has 0 aliphatic carbocycles. The SMILES string of the molecule is CC1CCN(c2ccc(NC(=O)Cc3cccc(F)c3)cn2)CC1. The minimum atomic E-state index is -0.331. The van der Waals surface area contributed by atoms with Crippen LogP contribution in [0, 0.1) is 11.7 Å². The summed E-state index contributed by atoms with van der Waals surface area (Å²) in [4.78, 5) is 18.8. The lowest BCUT2D eigenvalue weighted by molar-refractivity contribution is -0.115. The molecule has 1 saturated heterocycles. The summed E-state index contributed by atoms with van der Waals surface area (Å²) < 4.78 is 13.1. The van der Waals surface area contributed by atoms with Gasteiger partial charge in [-0.05, 0) is 48.6 Å². The zero-order valence-corrected chi connectivity index (χ0v) is 13.8. The van der Waals surface area contributed by atoms with E-state index in [1.807, 2.05) is 12.1 Å². The average Bonchev–Trinajstić information content (AvgIpc) is 2.56. The monoisotopic (exact) mass is 327 g/mol. The van der Waals surface area contributed by atoms with Crippen LogP contribution in [0.2, 0.25) is 0 Å². The molecule has 1 aliphatic rings. The predicted molar refractivity (Wildman–Crippen MR) is 93.6 cm³/mol. The van der Waals surface area contributed by atoms with Crippen molar-refractivity contribution < 1.29 is 9.18 Å². The number of aromatic nitrogens is 1. The number of pyridine rings is 1. The van der Waals surface area contributed by atoms with Crippen molar-refractivity contribution in [2.75, 3.05) is 23.3 Å². The lowest BCUT2D eigenvalue weighted by Crippen LogP contribution is -2.33. The number of hydrogen-bond acceptors (Lipinski definition) is 3. The van der Waals surface area contributed by atoms with Gasteiger partial charge in [-0.1, -0.05) is 19.1 Å².